The molecular formula is C19H16N2O3S. The van der Waals surface area contributed by atoms with Gasteiger partial charge in [0.15, 0.2) is 5.11 Å². The van der Waals surface area contributed by atoms with Crippen molar-refractivity contribution in [2.24, 2.45) is 0 Å². The first-order chi connectivity index (χ1) is 12.0. The van der Waals surface area contributed by atoms with Crippen LogP contribution in [0.3, 0.4) is 0 Å². The maximum Gasteiger partial charge on any atom is 0.265 e. The normalized spacial score (nSPS) is 16.3. The van der Waals surface area contributed by atoms with Gasteiger partial charge in [0.25, 0.3) is 11.8 Å². The number of hydrogen-bond donors (Lipinski definition) is 1. The molecule has 1 N–H and O–H groups in total. The van der Waals surface area contributed by atoms with E-state index in [-0.39, 0.29) is 17.2 Å². The highest BCUT2D eigenvalue weighted by molar-refractivity contribution is 7.80. The van der Waals surface area contributed by atoms with E-state index in [2.05, 4.69) is 11.9 Å². The maximum atomic E-state index is 12.5. The van der Waals surface area contributed by atoms with Crippen molar-refractivity contribution in [1.82, 2.24) is 10.2 Å². The molecule has 0 atom stereocenters. The minimum absolute atomic E-state index is 0.0447. The van der Waals surface area contributed by atoms with E-state index in [0.29, 0.717) is 0 Å². The lowest BCUT2D eigenvalue weighted by atomic mass is 10.0. The highest BCUT2D eigenvalue weighted by atomic mass is 32.1. The van der Waals surface area contributed by atoms with Crippen LogP contribution in [0.1, 0.15) is 5.56 Å². The van der Waals surface area contributed by atoms with Gasteiger partial charge in [0.1, 0.15) is 11.3 Å². The summed E-state index contributed by atoms with van der Waals surface area (Å²) < 4.78 is 5.21. The Morgan fingerprint density at radius 3 is 2.64 bits per heavy atom. The molecule has 0 unspecified atom stereocenters. The molecule has 1 aliphatic heterocycles. The summed E-state index contributed by atoms with van der Waals surface area (Å²) in [6, 6.07) is 11.4. The number of nitrogens with one attached hydrogen (secondary N) is 1. The highest BCUT2D eigenvalue weighted by Crippen LogP contribution is 2.23. The summed E-state index contributed by atoms with van der Waals surface area (Å²) in [5.74, 6) is -0.150. The number of amides is 2. The van der Waals surface area contributed by atoms with Crippen LogP contribution in [-0.2, 0) is 9.59 Å². The molecule has 0 aromatic heterocycles. The molecule has 6 heteroatoms. The summed E-state index contributed by atoms with van der Waals surface area (Å²) in [5, 5.41) is 4.62. The third-order valence-electron chi connectivity index (χ3n) is 3.88. The summed E-state index contributed by atoms with van der Waals surface area (Å²) in [6.45, 7) is 3.85. The largest absolute Gasteiger partial charge is 0.497 e. The number of nitrogens with zero attached hydrogens (tertiary/aromatic N) is 1. The zero-order valence-corrected chi connectivity index (χ0v) is 14.4. The van der Waals surface area contributed by atoms with Gasteiger partial charge in [-0.2, -0.15) is 0 Å². The Hall–Kier alpha value is -2.99. The molecule has 1 heterocycles. The van der Waals surface area contributed by atoms with Crippen molar-refractivity contribution in [3.8, 4) is 5.75 Å². The number of benzene rings is 2. The van der Waals surface area contributed by atoms with E-state index in [1.165, 1.54) is 4.90 Å². The molecule has 1 saturated heterocycles. The lowest BCUT2D eigenvalue weighted by molar-refractivity contribution is -0.128. The molecule has 0 aliphatic carbocycles. The van der Waals surface area contributed by atoms with Crippen molar-refractivity contribution in [1.29, 1.82) is 0 Å². The molecule has 0 spiro atoms. The molecule has 2 aromatic carbocycles. The molecule has 25 heavy (non-hydrogen) atoms. The van der Waals surface area contributed by atoms with Crippen molar-refractivity contribution in [3.63, 3.8) is 0 Å². The highest BCUT2D eigenvalue weighted by Gasteiger charge is 2.32. The standard InChI is InChI=1S/C19H16N2O3S/c1-3-8-21-18(23)16(17(22)20-19(21)25)10-12-4-5-14-11-15(24-2)7-6-13(14)9-12/h3-7,9-11H,1,8H2,2H3,(H,20,22,25)/b16-10+. The molecule has 1 aliphatic rings. The number of carbonyl (C=O) groups excluding carboxylic acids is 2. The molecule has 0 saturated carbocycles. The number of methoxy groups -OCH3 is 1. The molecule has 0 radical (unpaired) electrons. The van der Waals surface area contributed by atoms with Gasteiger partial charge >= 0.3 is 0 Å². The molecule has 0 bridgehead atoms. The number of fused-ring (bicyclic) bond motifs is 1. The van der Waals surface area contributed by atoms with Gasteiger partial charge < -0.3 is 4.74 Å². The average molecular weight is 352 g/mol. The van der Waals surface area contributed by atoms with E-state index in [1.807, 2.05) is 36.4 Å². The van der Waals surface area contributed by atoms with Crippen LogP contribution in [0, 0.1) is 0 Å². The van der Waals surface area contributed by atoms with Crippen LogP contribution in [0.2, 0.25) is 0 Å². The van der Waals surface area contributed by atoms with E-state index in [4.69, 9.17) is 17.0 Å². The van der Waals surface area contributed by atoms with E-state index < -0.39 is 11.8 Å². The zero-order valence-electron chi connectivity index (χ0n) is 13.6. The lowest BCUT2D eigenvalue weighted by Crippen LogP contribution is -2.53. The molecule has 3 rings (SSSR count). The Morgan fingerprint density at radius 2 is 1.92 bits per heavy atom. The Morgan fingerprint density at radius 1 is 1.20 bits per heavy atom. The van der Waals surface area contributed by atoms with E-state index in [1.54, 1.807) is 19.3 Å². The van der Waals surface area contributed by atoms with Crippen LogP contribution in [0.4, 0.5) is 0 Å². The Balaban J connectivity index is 1.99. The van der Waals surface area contributed by atoms with Gasteiger partial charge in [0, 0.05) is 6.54 Å². The molecule has 2 aromatic rings. The molecule has 1 fully saturated rings. The average Bonchev–Trinajstić information content (AvgIpc) is 2.61. The van der Waals surface area contributed by atoms with Crippen LogP contribution in [0.15, 0.2) is 54.6 Å². The number of rotatable bonds is 4. The molecule has 126 valence electrons. The number of carbonyl (C=O) groups is 2. The summed E-state index contributed by atoms with van der Waals surface area (Å²) >= 11 is 5.04. The van der Waals surface area contributed by atoms with Gasteiger partial charge in [-0.1, -0.05) is 24.3 Å². The molecule has 5 nitrogen and oxygen atoms in total. The maximum absolute atomic E-state index is 12.5. The summed E-state index contributed by atoms with van der Waals surface area (Å²) in [5.41, 5.74) is 0.797. The number of thiocarbonyl (C=S) groups is 1. The summed E-state index contributed by atoms with van der Waals surface area (Å²) in [4.78, 5) is 26.0. The van der Waals surface area contributed by atoms with Gasteiger partial charge in [-0.3, -0.25) is 19.8 Å². The second-order valence-electron chi connectivity index (χ2n) is 5.49. The van der Waals surface area contributed by atoms with E-state index >= 15 is 0 Å². The zero-order chi connectivity index (χ0) is 18.0. The first-order valence-electron chi connectivity index (χ1n) is 7.61. The second-order valence-corrected chi connectivity index (χ2v) is 5.88. The van der Waals surface area contributed by atoms with Crippen molar-refractivity contribution in [3.05, 3.63) is 60.2 Å². The smallest absolute Gasteiger partial charge is 0.265 e. The SMILES string of the molecule is C=CCN1C(=O)/C(=C/c2ccc3cc(OC)ccc3c2)C(=O)NC1=S. The molecule has 2 amide bonds. The summed E-state index contributed by atoms with van der Waals surface area (Å²) in [7, 11) is 1.62. The van der Waals surface area contributed by atoms with Gasteiger partial charge in [0.05, 0.1) is 7.11 Å². The minimum atomic E-state index is -0.495. The number of hydrogen-bond acceptors (Lipinski definition) is 4. The van der Waals surface area contributed by atoms with Crippen molar-refractivity contribution in [2.75, 3.05) is 13.7 Å². The monoisotopic (exact) mass is 352 g/mol. The van der Waals surface area contributed by atoms with Crippen molar-refractivity contribution < 1.29 is 14.3 Å². The van der Waals surface area contributed by atoms with Crippen LogP contribution >= 0.6 is 12.2 Å². The Bertz CT molecular complexity index is 933. The van der Waals surface area contributed by atoms with Crippen LogP contribution in [-0.4, -0.2) is 35.5 Å². The summed E-state index contributed by atoms with van der Waals surface area (Å²) in [6.07, 6.45) is 3.13. The van der Waals surface area contributed by atoms with Crippen LogP contribution in [0.25, 0.3) is 16.8 Å². The Labute approximate surface area is 150 Å². The fourth-order valence-electron chi connectivity index (χ4n) is 2.61. The van der Waals surface area contributed by atoms with Gasteiger partial charge in [-0.25, -0.2) is 0 Å². The lowest BCUT2D eigenvalue weighted by Gasteiger charge is -2.27. The van der Waals surface area contributed by atoms with Gasteiger partial charge in [-0.15, -0.1) is 6.58 Å². The van der Waals surface area contributed by atoms with Crippen molar-refractivity contribution in [2.45, 2.75) is 0 Å². The topological polar surface area (TPSA) is 58.6 Å². The van der Waals surface area contributed by atoms with E-state index in [0.717, 1.165) is 22.1 Å². The van der Waals surface area contributed by atoms with Gasteiger partial charge in [0.2, 0.25) is 0 Å². The minimum Gasteiger partial charge on any atom is -0.497 e. The van der Waals surface area contributed by atoms with Crippen molar-refractivity contribution >= 4 is 46.0 Å². The van der Waals surface area contributed by atoms with Crippen LogP contribution in [0.5, 0.6) is 5.75 Å². The molecular weight excluding hydrogens is 336 g/mol. The quantitative estimate of drug-likeness (QED) is 0.398. The van der Waals surface area contributed by atoms with Crippen LogP contribution < -0.4 is 10.1 Å². The Kier molecular flexibility index (Phi) is 4.63. The first kappa shape index (κ1) is 16.9. The fraction of sp³-hybridized carbons (Fsp3) is 0.105. The third kappa shape index (κ3) is 3.29. The second kappa shape index (κ2) is 6.86. The predicted octanol–water partition coefficient (Wildman–Crippen LogP) is 2.66. The first-order valence-corrected chi connectivity index (χ1v) is 8.02. The third-order valence-corrected chi connectivity index (χ3v) is 4.20. The van der Waals surface area contributed by atoms with Gasteiger partial charge in [-0.05, 0) is 52.8 Å². The van der Waals surface area contributed by atoms with E-state index in [9.17, 15) is 9.59 Å². The fourth-order valence-corrected chi connectivity index (χ4v) is 2.86. The number of ether oxygens (including phenoxy) is 1. The predicted molar refractivity (Wildman–Crippen MR) is 101 cm³/mol.